The SMILES string of the molecule is O=C(O)c1cc2cc(-c3ccc(Br)cc3)cn2cn1. The summed E-state index contributed by atoms with van der Waals surface area (Å²) in [5, 5.41) is 8.92. The molecule has 0 saturated heterocycles. The highest BCUT2D eigenvalue weighted by Crippen LogP contribution is 2.24. The molecule has 0 aliphatic carbocycles. The Morgan fingerprint density at radius 2 is 1.89 bits per heavy atom. The summed E-state index contributed by atoms with van der Waals surface area (Å²) in [7, 11) is 0. The molecule has 3 aromatic rings. The standard InChI is InChI=1S/C14H9BrN2O2/c15-11-3-1-9(2-4-11)10-5-12-6-13(14(18)19)16-8-17(12)7-10/h1-8H,(H,18,19). The first kappa shape index (κ1) is 11.9. The van der Waals surface area contributed by atoms with Gasteiger partial charge in [0, 0.05) is 21.7 Å². The molecule has 0 aliphatic heterocycles. The van der Waals surface area contributed by atoms with E-state index in [9.17, 15) is 4.79 Å². The largest absolute Gasteiger partial charge is 0.477 e. The lowest BCUT2D eigenvalue weighted by Crippen LogP contribution is -2.00. The van der Waals surface area contributed by atoms with E-state index in [0.717, 1.165) is 21.1 Å². The summed E-state index contributed by atoms with van der Waals surface area (Å²) in [5.41, 5.74) is 2.96. The summed E-state index contributed by atoms with van der Waals surface area (Å²) >= 11 is 3.40. The molecule has 94 valence electrons. The third-order valence-electron chi connectivity index (χ3n) is 2.88. The first-order valence-electron chi connectivity index (χ1n) is 5.60. The maximum Gasteiger partial charge on any atom is 0.354 e. The van der Waals surface area contributed by atoms with Gasteiger partial charge in [0.15, 0.2) is 5.69 Å². The van der Waals surface area contributed by atoms with E-state index in [-0.39, 0.29) is 5.69 Å². The lowest BCUT2D eigenvalue weighted by Gasteiger charge is -1.96. The Morgan fingerprint density at radius 1 is 1.16 bits per heavy atom. The monoisotopic (exact) mass is 316 g/mol. The molecule has 2 heterocycles. The van der Waals surface area contributed by atoms with Crippen LogP contribution in [0.2, 0.25) is 0 Å². The third kappa shape index (κ3) is 2.24. The molecule has 1 N–H and O–H groups in total. The van der Waals surface area contributed by atoms with E-state index in [1.807, 2.05) is 40.9 Å². The van der Waals surface area contributed by atoms with Crippen molar-refractivity contribution in [1.82, 2.24) is 9.38 Å². The van der Waals surface area contributed by atoms with Crippen molar-refractivity contribution in [3.8, 4) is 11.1 Å². The predicted molar refractivity (Wildman–Crippen MR) is 75.3 cm³/mol. The van der Waals surface area contributed by atoms with Crippen LogP contribution in [-0.2, 0) is 0 Å². The van der Waals surface area contributed by atoms with Gasteiger partial charge in [-0.05, 0) is 29.8 Å². The molecule has 0 bridgehead atoms. The van der Waals surface area contributed by atoms with E-state index in [2.05, 4.69) is 20.9 Å². The molecule has 0 aliphatic rings. The van der Waals surface area contributed by atoms with Crippen LogP contribution >= 0.6 is 15.9 Å². The summed E-state index contributed by atoms with van der Waals surface area (Å²) in [6, 6.07) is 11.5. The van der Waals surface area contributed by atoms with Crippen molar-refractivity contribution in [3.05, 3.63) is 59.1 Å². The van der Waals surface area contributed by atoms with Crippen molar-refractivity contribution in [2.24, 2.45) is 0 Å². The highest BCUT2D eigenvalue weighted by molar-refractivity contribution is 9.10. The van der Waals surface area contributed by atoms with Crippen molar-refractivity contribution in [2.45, 2.75) is 0 Å². The van der Waals surface area contributed by atoms with Gasteiger partial charge < -0.3 is 9.51 Å². The smallest absolute Gasteiger partial charge is 0.354 e. The number of halogens is 1. The Labute approximate surface area is 117 Å². The zero-order valence-electron chi connectivity index (χ0n) is 9.75. The second kappa shape index (κ2) is 4.51. The van der Waals surface area contributed by atoms with Crippen molar-refractivity contribution in [1.29, 1.82) is 0 Å². The van der Waals surface area contributed by atoms with E-state index < -0.39 is 5.97 Å². The Kier molecular flexibility index (Phi) is 2.83. The van der Waals surface area contributed by atoms with E-state index in [4.69, 9.17) is 5.11 Å². The lowest BCUT2D eigenvalue weighted by molar-refractivity contribution is 0.0690. The van der Waals surface area contributed by atoms with E-state index >= 15 is 0 Å². The fraction of sp³-hybridized carbons (Fsp3) is 0. The number of aromatic carboxylic acids is 1. The zero-order valence-corrected chi connectivity index (χ0v) is 11.3. The predicted octanol–water partition coefficient (Wildman–Crippen LogP) is 3.46. The molecule has 0 spiro atoms. The number of nitrogens with zero attached hydrogens (tertiary/aromatic N) is 2. The van der Waals surface area contributed by atoms with Crippen LogP contribution in [0.3, 0.4) is 0 Å². The second-order valence-corrected chi connectivity index (χ2v) is 5.06. The van der Waals surface area contributed by atoms with Crippen LogP contribution in [0.25, 0.3) is 16.6 Å². The van der Waals surface area contributed by atoms with Gasteiger partial charge >= 0.3 is 5.97 Å². The molecule has 5 heteroatoms. The van der Waals surface area contributed by atoms with Gasteiger partial charge in [-0.1, -0.05) is 28.1 Å². The van der Waals surface area contributed by atoms with Gasteiger partial charge in [0.05, 0.1) is 0 Å². The van der Waals surface area contributed by atoms with Crippen molar-refractivity contribution in [2.75, 3.05) is 0 Å². The first-order valence-corrected chi connectivity index (χ1v) is 6.40. The molecular formula is C14H9BrN2O2. The number of carboxylic acids is 1. The van der Waals surface area contributed by atoms with E-state index in [0.29, 0.717) is 0 Å². The van der Waals surface area contributed by atoms with Crippen molar-refractivity contribution >= 4 is 27.4 Å². The molecule has 0 saturated carbocycles. The normalized spacial score (nSPS) is 10.8. The highest BCUT2D eigenvalue weighted by Gasteiger charge is 2.07. The van der Waals surface area contributed by atoms with Crippen LogP contribution < -0.4 is 0 Å². The molecule has 0 atom stereocenters. The van der Waals surface area contributed by atoms with Crippen LogP contribution in [0.5, 0.6) is 0 Å². The highest BCUT2D eigenvalue weighted by atomic mass is 79.9. The van der Waals surface area contributed by atoms with Gasteiger partial charge in [0.2, 0.25) is 0 Å². The average molecular weight is 317 g/mol. The van der Waals surface area contributed by atoms with Crippen LogP contribution in [0.1, 0.15) is 10.5 Å². The van der Waals surface area contributed by atoms with Crippen LogP contribution in [0.15, 0.2) is 53.4 Å². The summed E-state index contributed by atoms with van der Waals surface area (Å²) in [6.07, 6.45) is 3.44. The molecule has 2 aromatic heterocycles. The van der Waals surface area contributed by atoms with Gasteiger partial charge in [-0.15, -0.1) is 0 Å². The summed E-state index contributed by atoms with van der Waals surface area (Å²) < 4.78 is 2.83. The number of benzene rings is 1. The fourth-order valence-electron chi connectivity index (χ4n) is 1.93. The summed E-state index contributed by atoms with van der Waals surface area (Å²) in [5.74, 6) is -1.02. The molecule has 1 aromatic carbocycles. The maximum atomic E-state index is 10.9. The van der Waals surface area contributed by atoms with Gasteiger partial charge in [-0.2, -0.15) is 0 Å². The quantitative estimate of drug-likeness (QED) is 0.787. The lowest BCUT2D eigenvalue weighted by atomic mass is 10.1. The summed E-state index contributed by atoms with van der Waals surface area (Å²) in [4.78, 5) is 14.8. The zero-order chi connectivity index (χ0) is 13.4. The van der Waals surface area contributed by atoms with Crippen LogP contribution in [-0.4, -0.2) is 20.5 Å². The number of carboxylic acid groups (broad SMARTS) is 1. The van der Waals surface area contributed by atoms with Gasteiger partial charge in [-0.25, -0.2) is 9.78 Å². The minimum Gasteiger partial charge on any atom is -0.477 e. The first-order chi connectivity index (χ1) is 9.13. The molecular weight excluding hydrogens is 308 g/mol. The maximum absolute atomic E-state index is 10.9. The Bertz CT molecular complexity index is 763. The molecule has 0 unspecified atom stereocenters. The minimum absolute atomic E-state index is 0.0490. The number of fused-ring (bicyclic) bond motifs is 1. The third-order valence-corrected chi connectivity index (χ3v) is 3.41. The topological polar surface area (TPSA) is 54.6 Å². The number of aromatic nitrogens is 2. The summed E-state index contributed by atoms with van der Waals surface area (Å²) in [6.45, 7) is 0. The van der Waals surface area contributed by atoms with E-state index in [1.54, 1.807) is 6.07 Å². The van der Waals surface area contributed by atoms with Crippen LogP contribution in [0.4, 0.5) is 0 Å². The number of hydrogen-bond acceptors (Lipinski definition) is 2. The van der Waals surface area contributed by atoms with E-state index in [1.165, 1.54) is 6.33 Å². The molecule has 19 heavy (non-hydrogen) atoms. The Hall–Kier alpha value is -2.14. The number of carbonyl (C=O) groups is 1. The van der Waals surface area contributed by atoms with Crippen LogP contribution in [0, 0.1) is 0 Å². The molecule has 4 nitrogen and oxygen atoms in total. The van der Waals surface area contributed by atoms with Gasteiger partial charge in [-0.3, -0.25) is 0 Å². The van der Waals surface area contributed by atoms with Crippen molar-refractivity contribution < 1.29 is 9.90 Å². The van der Waals surface area contributed by atoms with Gasteiger partial charge in [0.25, 0.3) is 0 Å². The Balaban J connectivity index is 2.11. The average Bonchev–Trinajstić information content (AvgIpc) is 2.82. The molecule has 0 amide bonds. The second-order valence-electron chi connectivity index (χ2n) is 4.15. The Morgan fingerprint density at radius 3 is 2.58 bits per heavy atom. The molecule has 3 rings (SSSR count). The fourth-order valence-corrected chi connectivity index (χ4v) is 2.19. The van der Waals surface area contributed by atoms with Gasteiger partial charge in [0.1, 0.15) is 6.33 Å². The minimum atomic E-state index is -1.02. The number of hydrogen-bond donors (Lipinski definition) is 1. The van der Waals surface area contributed by atoms with Crippen molar-refractivity contribution in [3.63, 3.8) is 0 Å². The molecule has 0 fully saturated rings. The molecule has 0 radical (unpaired) electrons. The number of rotatable bonds is 2.